The first kappa shape index (κ1) is 19.4. The Kier molecular flexibility index (Phi) is 6.28. The van der Waals surface area contributed by atoms with Crippen molar-refractivity contribution in [2.75, 3.05) is 19.4 Å². The normalized spacial score (nSPS) is 10.2. The van der Waals surface area contributed by atoms with Crippen LogP contribution < -0.4 is 10.6 Å². The Balaban J connectivity index is 0.00000288. The number of hydrogen-bond donors (Lipinski definition) is 4. The molecular formula is C18H26N4O2. The largest absolute Gasteiger partial charge is 0.507 e. The molecule has 1 amide bonds. The number of aryl methyl sites for hydroxylation is 1. The van der Waals surface area contributed by atoms with Crippen LogP contribution in [-0.4, -0.2) is 35.8 Å². The second-order valence-electron chi connectivity index (χ2n) is 5.41. The van der Waals surface area contributed by atoms with Gasteiger partial charge in [0.25, 0.3) is 5.91 Å². The summed E-state index contributed by atoms with van der Waals surface area (Å²) in [6.45, 7) is 3.65. The Morgan fingerprint density at radius 3 is 2.50 bits per heavy atom. The first-order valence-corrected chi connectivity index (χ1v) is 7.59. The Labute approximate surface area is 142 Å². The van der Waals surface area contributed by atoms with Crippen molar-refractivity contribution in [1.82, 2.24) is 10.3 Å². The van der Waals surface area contributed by atoms with E-state index in [9.17, 15) is 9.90 Å². The molecule has 0 aliphatic rings. The number of pyridine rings is 1. The van der Waals surface area contributed by atoms with E-state index in [4.69, 9.17) is 5.41 Å². The van der Waals surface area contributed by atoms with Crippen LogP contribution in [0.2, 0.25) is 0 Å². The van der Waals surface area contributed by atoms with Gasteiger partial charge in [0.15, 0.2) is 0 Å². The lowest BCUT2D eigenvalue weighted by molar-refractivity contribution is 0.0958. The maximum Gasteiger partial charge on any atom is 0.269 e. The molecule has 130 valence electrons. The van der Waals surface area contributed by atoms with Gasteiger partial charge in [-0.15, -0.1) is 0 Å². The summed E-state index contributed by atoms with van der Waals surface area (Å²) in [5.74, 6) is -0.201. The third kappa shape index (κ3) is 3.32. The van der Waals surface area contributed by atoms with Gasteiger partial charge in [-0.1, -0.05) is 20.8 Å². The number of aromatic nitrogens is 1. The molecule has 0 unspecified atom stereocenters. The van der Waals surface area contributed by atoms with Crippen molar-refractivity contribution in [3.8, 4) is 5.75 Å². The molecule has 0 aliphatic heterocycles. The Bertz CT molecular complexity index is 784. The van der Waals surface area contributed by atoms with E-state index < -0.39 is 0 Å². The van der Waals surface area contributed by atoms with Gasteiger partial charge >= 0.3 is 0 Å². The standard InChI is InChI=1S/C17H22N4O2.CH4/c1-5-6-10-15-12(7-11(9(2)18)16(10)22)13(19-3)8-14(21-15)17(23)20-4;/h7-8,18,22H,5-6H2,1-4H3,(H,19,21)(H,20,23);1H4. The van der Waals surface area contributed by atoms with Gasteiger partial charge in [0.05, 0.1) is 5.52 Å². The van der Waals surface area contributed by atoms with Gasteiger partial charge in [-0.3, -0.25) is 4.79 Å². The van der Waals surface area contributed by atoms with Gasteiger partial charge in [0.1, 0.15) is 11.4 Å². The SMILES string of the molecule is C.CCCc1c(O)c(C(C)=N)cc2c(NC)cc(C(=O)NC)nc12. The van der Waals surface area contributed by atoms with Crippen molar-refractivity contribution in [3.63, 3.8) is 0 Å². The second kappa shape index (κ2) is 7.77. The highest BCUT2D eigenvalue weighted by atomic mass is 16.3. The first-order chi connectivity index (χ1) is 10.9. The predicted molar refractivity (Wildman–Crippen MR) is 99.6 cm³/mol. The summed E-state index contributed by atoms with van der Waals surface area (Å²) < 4.78 is 0. The van der Waals surface area contributed by atoms with Crippen LogP contribution in [0, 0.1) is 5.41 Å². The molecule has 6 nitrogen and oxygen atoms in total. The summed E-state index contributed by atoms with van der Waals surface area (Å²) in [6.07, 6.45) is 1.45. The zero-order valence-corrected chi connectivity index (χ0v) is 13.9. The number of benzene rings is 1. The van der Waals surface area contributed by atoms with Gasteiger partial charge in [-0.05, 0) is 25.5 Å². The fourth-order valence-electron chi connectivity index (χ4n) is 2.64. The number of rotatable bonds is 5. The lowest BCUT2D eigenvalue weighted by atomic mass is 9.96. The van der Waals surface area contributed by atoms with Crippen LogP contribution in [0.3, 0.4) is 0 Å². The molecule has 1 aromatic carbocycles. The second-order valence-corrected chi connectivity index (χ2v) is 5.41. The van der Waals surface area contributed by atoms with Crippen LogP contribution in [0.25, 0.3) is 10.9 Å². The van der Waals surface area contributed by atoms with Crippen LogP contribution >= 0.6 is 0 Å². The summed E-state index contributed by atoms with van der Waals surface area (Å²) in [5.41, 5.74) is 3.09. The number of fused-ring (bicyclic) bond motifs is 1. The maximum atomic E-state index is 12.0. The average molecular weight is 330 g/mol. The zero-order chi connectivity index (χ0) is 17.1. The Morgan fingerprint density at radius 2 is 2.00 bits per heavy atom. The molecule has 6 heteroatoms. The number of nitrogens with one attached hydrogen (secondary N) is 3. The molecule has 0 radical (unpaired) electrons. The number of nitrogens with zero attached hydrogens (tertiary/aromatic N) is 1. The van der Waals surface area contributed by atoms with E-state index >= 15 is 0 Å². The number of phenolic OH excluding ortho intramolecular Hbond substituents is 1. The summed E-state index contributed by atoms with van der Waals surface area (Å²) >= 11 is 0. The van der Waals surface area contributed by atoms with E-state index in [1.807, 2.05) is 6.92 Å². The molecule has 1 aromatic heterocycles. The van der Waals surface area contributed by atoms with Crippen molar-refractivity contribution in [3.05, 3.63) is 29.0 Å². The van der Waals surface area contributed by atoms with Crippen molar-refractivity contribution in [2.24, 2.45) is 0 Å². The van der Waals surface area contributed by atoms with E-state index in [0.717, 1.165) is 17.5 Å². The predicted octanol–water partition coefficient (Wildman–Crippen LogP) is 3.32. The zero-order valence-electron chi connectivity index (χ0n) is 13.9. The summed E-state index contributed by atoms with van der Waals surface area (Å²) in [6, 6.07) is 3.43. The van der Waals surface area contributed by atoms with Crippen LogP contribution in [0.15, 0.2) is 12.1 Å². The summed E-state index contributed by atoms with van der Waals surface area (Å²) in [5, 5.41) is 24.9. The van der Waals surface area contributed by atoms with E-state index in [2.05, 4.69) is 15.6 Å². The van der Waals surface area contributed by atoms with E-state index in [1.165, 1.54) is 0 Å². The lowest BCUT2D eigenvalue weighted by Crippen LogP contribution is -2.19. The number of aromatic hydroxyl groups is 1. The molecule has 0 aliphatic carbocycles. The van der Waals surface area contributed by atoms with Crippen LogP contribution in [-0.2, 0) is 6.42 Å². The summed E-state index contributed by atoms with van der Waals surface area (Å²) in [4.78, 5) is 16.4. The van der Waals surface area contributed by atoms with Gasteiger partial charge in [-0.2, -0.15) is 0 Å². The number of hydrogen-bond acceptors (Lipinski definition) is 5. The molecule has 24 heavy (non-hydrogen) atoms. The first-order valence-electron chi connectivity index (χ1n) is 7.59. The number of anilines is 1. The number of amides is 1. The monoisotopic (exact) mass is 330 g/mol. The Hall–Kier alpha value is -2.63. The molecule has 0 atom stereocenters. The van der Waals surface area contributed by atoms with Crippen molar-refractivity contribution in [2.45, 2.75) is 34.1 Å². The highest BCUT2D eigenvalue weighted by Gasteiger charge is 2.19. The topological polar surface area (TPSA) is 98.1 Å². The molecule has 0 bridgehead atoms. The smallest absolute Gasteiger partial charge is 0.269 e. The van der Waals surface area contributed by atoms with E-state index in [0.29, 0.717) is 34.5 Å². The fraction of sp³-hybridized carbons (Fsp3) is 0.389. The minimum Gasteiger partial charge on any atom is -0.507 e. The molecule has 4 N–H and O–H groups in total. The molecule has 1 heterocycles. The number of carbonyl (C=O) groups is 1. The third-order valence-corrected chi connectivity index (χ3v) is 3.81. The fourth-order valence-corrected chi connectivity index (χ4v) is 2.64. The van der Waals surface area contributed by atoms with Crippen LogP contribution in [0.5, 0.6) is 5.75 Å². The van der Waals surface area contributed by atoms with Crippen molar-refractivity contribution >= 4 is 28.2 Å². The highest BCUT2D eigenvalue weighted by Crippen LogP contribution is 2.35. The average Bonchev–Trinajstić information content (AvgIpc) is 2.55. The molecular weight excluding hydrogens is 304 g/mol. The van der Waals surface area contributed by atoms with Crippen molar-refractivity contribution in [1.29, 1.82) is 5.41 Å². The lowest BCUT2D eigenvalue weighted by Gasteiger charge is -2.16. The molecule has 2 rings (SSSR count). The minimum atomic E-state index is -0.280. The van der Waals surface area contributed by atoms with Crippen LogP contribution in [0.1, 0.15) is 49.3 Å². The third-order valence-electron chi connectivity index (χ3n) is 3.81. The minimum absolute atomic E-state index is 0. The number of phenols is 1. The van der Waals surface area contributed by atoms with Gasteiger partial charge in [-0.25, -0.2) is 4.98 Å². The van der Waals surface area contributed by atoms with Crippen molar-refractivity contribution < 1.29 is 9.90 Å². The summed E-state index contributed by atoms with van der Waals surface area (Å²) in [7, 11) is 3.32. The van der Waals surface area contributed by atoms with Gasteiger partial charge in [0, 0.05) is 42.0 Å². The van der Waals surface area contributed by atoms with Gasteiger partial charge in [0.2, 0.25) is 0 Å². The number of carbonyl (C=O) groups excluding carboxylic acids is 1. The molecule has 2 aromatic rings. The quantitative estimate of drug-likeness (QED) is 0.632. The van der Waals surface area contributed by atoms with E-state index in [1.54, 1.807) is 33.2 Å². The highest BCUT2D eigenvalue weighted by molar-refractivity contribution is 6.07. The maximum absolute atomic E-state index is 12.0. The van der Waals surface area contributed by atoms with Gasteiger partial charge < -0.3 is 21.1 Å². The molecule has 0 saturated heterocycles. The molecule has 0 saturated carbocycles. The Morgan fingerprint density at radius 1 is 1.33 bits per heavy atom. The van der Waals surface area contributed by atoms with E-state index in [-0.39, 0.29) is 19.1 Å². The molecule has 0 spiro atoms. The molecule has 0 fully saturated rings. The van der Waals surface area contributed by atoms with Crippen LogP contribution in [0.4, 0.5) is 5.69 Å².